The van der Waals surface area contributed by atoms with Gasteiger partial charge in [-0.2, -0.15) is 5.10 Å². The number of likely N-dealkylation sites (tertiary alicyclic amines) is 1. The Morgan fingerprint density at radius 1 is 1.60 bits per heavy atom. The molecule has 2 aromatic rings. The maximum atomic E-state index is 12.5. The van der Waals surface area contributed by atoms with Gasteiger partial charge in [-0.05, 0) is 47.8 Å². The number of aromatic nitrogens is 2. The lowest BCUT2D eigenvalue weighted by atomic mass is 9.94. The van der Waals surface area contributed by atoms with Crippen molar-refractivity contribution in [3.63, 3.8) is 0 Å². The average molecular weight is 338 g/mol. The number of hydrogen-bond donors (Lipinski definition) is 1. The summed E-state index contributed by atoms with van der Waals surface area (Å²) in [6.45, 7) is 3.37. The van der Waals surface area contributed by atoms with Crippen LogP contribution in [0.2, 0.25) is 0 Å². The smallest absolute Gasteiger partial charge is 0.289 e. The molecule has 1 atom stereocenters. The van der Waals surface area contributed by atoms with Gasteiger partial charge in [-0.3, -0.25) is 9.89 Å². The zero-order valence-electron chi connectivity index (χ0n) is 11.2. The highest BCUT2D eigenvalue weighted by Crippen LogP contribution is 2.28. The number of nitrogens with zero attached hydrogens (tertiary/aromatic N) is 2. The van der Waals surface area contributed by atoms with Crippen LogP contribution in [-0.4, -0.2) is 34.1 Å². The summed E-state index contributed by atoms with van der Waals surface area (Å²) in [6, 6.07) is 3.80. The van der Waals surface area contributed by atoms with E-state index in [9.17, 15) is 4.79 Å². The van der Waals surface area contributed by atoms with E-state index in [4.69, 9.17) is 4.42 Å². The predicted octanol–water partition coefficient (Wildman–Crippen LogP) is 3.09. The minimum atomic E-state index is -0.0302. The molecule has 20 heavy (non-hydrogen) atoms. The summed E-state index contributed by atoms with van der Waals surface area (Å²) in [5.74, 6) is 0.730. The molecule has 0 aromatic carbocycles. The van der Waals surface area contributed by atoms with Crippen molar-refractivity contribution < 1.29 is 9.21 Å². The van der Waals surface area contributed by atoms with Gasteiger partial charge in [-0.15, -0.1) is 0 Å². The SMILES string of the molecule is Cc1cc(Br)oc1C(=O)N1CCC[C@H](c2ccn[nH]2)C1. The number of carbonyl (C=O) groups is 1. The number of nitrogens with one attached hydrogen (secondary N) is 1. The van der Waals surface area contributed by atoms with Crippen molar-refractivity contribution in [1.82, 2.24) is 15.1 Å². The highest BCUT2D eigenvalue weighted by molar-refractivity contribution is 9.10. The van der Waals surface area contributed by atoms with Crippen LogP contribution in [0, 0.1) is 6.92 Å². The quantitative estimate of drug-likeness (QED) is 0.915. The fraction of sp³-hybridized carbons (Fsp3) is 0.429. The van der Waals surface area contributed by atoms with Crippen LogP contribution < -0.4 is 0 Å². The van der Waals surface area contributed by atoms with Gasteiger partial charge < -0.3 is 9.32 Å². The van der Waals surface area contributed by atoms with Crippen LogP contribution in [0.5, 0.6) is 0 Å². The van der Waals surface area contributed by atoms with Crippen LogP contribution in [0.25, 0.3) is 0 Å². The topological polar surface area (TPSA) is 62.1 Å². The molecular formula is C14H16BrN3O2. The summed E-state index contributed by atoms with van der Waals surface area (Å²) in [6.07, 6.45) is 3.83. The van der Waals surface area contributed by atoms with Crippen LogP contribution in [0.4, 0.5) is 0 Å². The van der Waals surface area contributed by atoms with Crippen molar-refractivity contribution in [2.24, 2.45) is 0 Å². The van der Waals surface area contributed by atoms with Crippen molar-refractivity contribution in [1.29, 1.82) is 0 Å². The first-order chi connectivity index (χ1) is 9.65. The Bertz CT molecular complexity index is 606. The minimum absolute atomic E-state index is 0.0302. The zero-order valence-corrected chi connectivity index (χ0v) is 12.8. The second-order valence-electron chi connectivity index (χ2n) is 5.16. The first-order valence-corrected chi connectivity index (χ1v) is 7.49. The van der Waals surface area contributed by atoms with Crippen molar-refractivity contribution in [2.45, 2.75) is 25.7 Å². The molecule has 0 saturated carbocycles. The summed E-state index contributed by atoms with van der Waals surface area (Å²) in [5, 5.41) is 6.99. The molecule has 1 fully saturated rings. The van der Waals surface area contributed by atoms with E-state index in [1.807, 2.05) is 24.0 Å². The molecule has 3 rings (SSSR count). The van der Waals surface area contributed by atoms with Crippen LogP contribution >= 0.6 is 15.9 Å². The van der Waals surface area contributed by atoms with Crippen molar-refractivity contribution in [2.75, 3.05) is 13.1 Å². The maximum absolute atomic E-state index is 12.5. The average Bonchev–Trinajstić information content (AvgIpc) is 3.08. The highest BCUT2D eigenvalue weighted by atomic mass is 79.9. The third-order valence-electron chi connectivity index (χ3n) is 3.75. The van der Waals surface area contributed by atoms with Crippen LogP contribution in [0.1, 0.15) is 40.6 Å². The lowest BCUT2D eigenvalue weighted by Gasteiger charge is -2.31. The van der Waals surface area contributed by atoms with Gasteiger partial charge in [0.2, 0.25) is 0 Å². The Hall–Kier alpha value is -1.56. The second kappa shape index (κ2) is 5.44. The van der Waals surface area contributed by atoms with E-state index in [2.05, 4.69) is 26.1 Å². The molecule has 0 unspecified atom stereocenters. The Morgan fingerprint density at radius 3 is 3.10 bits per heavy atom. The number of amides is 1. The summed E-state index contributed by atoms with van der Waals surface area (Å²) in [7, 11) is 0. The van der Waals surface area contributed by atoms with E-state index < -0.39 is 0 Å². The fourth-order valence-corrected chi connectivity index (χ4v) is 3.21. The van der Waals surface area contributed by atoms with Crippen LogP contribution in [0.3, 0.4) is 0 Å². The molecule has 0 aliphatic carbocycles. The minimum Gasteiger partial charge on any atom is -0.444 e. The summed E-state index contributed by atoms with van der Waals surface area (Å²) in [5.41, 5.74) is 1.96. The molecule has 106 valence electrons. The van der Waals surface area contributed by atoms with Gasteiger partial charge in [-0.25, -0.2) is 0 Å². The van der Waals surface area contributed by atoms with E-state index in [0.29, 0.717) is 22.9 Å². The Kier molecular flexibility index (Phi) is 3.65. The molecule has 1 N–H and O–H groups in total. The van der Waals surface area contributed by atoms with Gasteiger partial charge in [0.25, 0.3) is 5.91 Å². The molecule has 1 saturated heterocycles. The normalized spacial score (nSPS) is 19.3. The maximum Gasteiger partial charge on any atom is 0.289 e. The van der Waals surface area contributed by atoms with Crippen molar-refractivity contribution >= 4 is 21.8 Å². The fourth-order valence-electron chi connectivity index (χ4n) is 2.71. The van der Waals surface area contributed by atoms with E-state index in [1.54, 1.807) is 6.20 Å². The number of furan rings is 1. The number of halogens is 1. The lowest BCUT2D eigenvalue weighted by molar-refractivity contribution is 0.0671. The highest BCUT2D eigenvalue weighted by Gasteiger charge is 2.28. The Labute approximate surface area is 125 Å². The monoisotopic (exact) mass is 337 g/mol. The third-order valence-corrected chi connectivity index (χ3v) is 4.14. The first-order valence-electron chi connectivity index (χ1n) is 6.69. The number of carbonyl (C=O) groups excluding carboxylic acids is 1. The molecule has 6 heteroatoms. The largest absolute Gasteiger partial charge is 0.444 e. The summed E-state index contributed by atoms with van der Waals surface area (Å²) < 4.78 is 6.06. The standard InChI is InChI=1S/C14H16BrN3O2/c1-9-7-12(15)20-13(9)14(19)18-6-2-3-10(8-18)11-4-5-16-17-11/h4-5,7,10H,2-3,6,8H2,1H3,(H,16,17)/t10-/m0/s1. The molecule has 3 heterocycles. The lowest BCUT2D eigenvalue weighted by Crippen LogP contribution is -2.39. The number of aromatic amines is 1. The van der Waals surface area contributed by atoms with E-state index >= 15 is 0 Å². The summed E-state index contributed by atoms with van der Waals surface area (Å²) in [4.78, 5) is 14.4. The molecule has 0 spiro atoms. The van der Waals surface area contributed by atoms with Crippen molar-refractivity contribution in [3.8, 4) is 0 Å². The van der Waals surface area contributed by atoms with E-state index in [-0.39, 0.29) is 5.91 Å². The Balaban J connectivity index is 1.77. The van der Waals surface area contributed by atoms with E-state index in [0.717, 1.165) is 30.6 Å². The van der Waals surface area contributed by atoms with Crippen LogP contribution in [-0.2, 0) is 0 Å². The summed E-state index contributed by atoms with van der Waals surface area (Å²) >= 11 is 3.27. The molecule has 2 aromatic heterocycles. The number of rotatable bonds is 2. The van der Waals surface area contributed by atoms with Gasteiger partial charge in [0.05, 0.1) is 0 Å². The van der Waals surface area contributed by atoms with Gasteiger partial charge >= 0.3 is 0 Å². The molecule has 0 bridgehead atoms. The first kappa shape index (κ1) is 13.4. The van der Waals surface area contributed by atoms with Crippen molar-refractivity contribution in [3.05, 3.63) is 40.0 Å². The van der Waals surface area contributed by atoms with Gasteiger partial charge in [0.15, 0.2) is 10.4 Å². The molecule has 1 aliphatic rings. The molecular weight excluding hydrogens is 322 g/mol. The molecule has 5 nitrogen and oxygen atoms in total. The Morgan fingerprint density at radius 2 is 2.45 bits per heavy atom. The van der Waals surface area contributed by atoms with Gasteiger partial charge in [-0.1, -0.05) is 0 Å². The predicted molar refractivity (Wildman–Crippen MR) is 77.6 cm³/mol. The molecule has 0 radical (unpaired) electrons. The number of piperidine rings is 1. The molecule has 1 aliphatic heterocycles. The van der Waals surface area contributed by atoms with Gasteiger partial charge in [0, 0.05) is 36.5 Å². The van der Waals surface area contributed by atoms with Crippen LogP contribution in [0.15, 0.2) is 27.4 Å². The number of aryl methyl sites for hydroxylation is 1. The molecule has 1 amide bonds. The number of H-pyrrole nitrogens is 1. The zero-order chi connectivity index (χ0) is 14.1. The second-order valence-corrected chi connectivity index (χ2v) is 5.95. The third kappa shape index (κ3) is 2.52. The van der Waals surface area contributed by atoms with E-state index in [1.165, 1.54) is 0 Å². The number of hydrogen-bond acceptors (Lipinski definition) is 3. The van der Waals surface area contributed by atoms with Gasteiger partial charge in [0.1, 0.15) is 0 Å².